The van der Waals surface area contributed by atoms with Gasteiger partial charge in [0, 0.05) is 37.6 Å². The Labute approximate surface area is 401 Å². The monoisotopic (exact) mass is 949 g/mol. The zero-order valence-electron chi connectivity index (χ0n) is 38.8. The van der Waals surface area contributed by atoms with Crippen LogP contribution in [0.15, 0.2) is 133 Å². The molecule has 0 unspecified atom stereocenters. The lowest BCUT2D eigenvalue weighted by atomic mass is 10.1. The van der Waals surface area contributed by atoms with E-state index in [0.717, 1.165) is 56.6 Å². The number of nitrogens with two attached hydrogens (primary N) is 2. The fourth-order valence-electron chi connectivity index (χ4n) is 7.30. The van der Waals surface area contributed by atoms with Crippen molar-refractivity contribution in [1.82, 2.24) is 24.4 Å². The maximum absolute atomic E-state index is 12.0. The molecule has 2 aromatic heterocycles. The van der Waals surface area contributed by atoms with Crippen LogP contribution < -0.4 is 35.7 Å². The Kier molecular flexibility index (Phi) is 12.6. The third kappa shape index (κ3) is 10.9. The average molecular weight is 950 g/mol. The number of nitrogen functional groups attached to an aromatic ring is 2. The van der Waals surface area contributed by atoms with E-state index < -0.39 is 21.6 Å². The smallest absolute Gasteiger partial charge is 0.286 e. The first-order valence-electron chi connectivity index (χ1n) is 22.3. The number of hydrogen-bond acceptors (Lipinski definition) is 14. The first-order chi connectivity index (χ1) is 33.6. The van der Waals surface area contributed by atoms with Gasteiger partial charge in [-0.2, -0.15) is 0 Å². The number of amides is 2. The van der Waals surface area contributed by atoms with Gasteiger partial charge in [-0.25, -0.2) is 9.97 Å². The predicted molar refractivity (Wildman–Crippen MR) is 263 cm³/mol. The Balaban J connectivity index is 0.000000174. The first kappa shape index (κ1) is 42.8. The van der Waals surface area contributed by atoms with Crippen LogP contribution in [0.2, 0.25) is 0 Å². The summed E-state index contributed by atoms with van der Waals surface area (Å²) >= 11 is 1.51. The van der Waals surface area contributed by atoms with Crippen molar-refractivity contribution >= 4 is 79.0 Å². The van der Waals surface area contributed by atoms with Crippen molar-refractivity contribution in [3.63, 3.8) is 0 Å². The van der Waals surface area contributed by atoms with Crippen LogP contribution in [0, 0.1) is 0 Å². The Morgan fingerprint density at radius 2 is 1.01 bits per heavy atom. The fraction of sp³-hybridized carbons (Fsp3) is 0.176. The summed E-state index contributed by atoms with van der Waals surface area (Å²) in [6.45, 7) is 0.526. The molecule has 2 aliphatic rings. The number of thioether (sulfide) groups is 2. The van der Waals surface area contributed by atoms with Gasteiger partial charge >= 0.3 is 0 Å². The van der Waals surface area contributed by atoms with Crippen LogP contribution in [-0.4, -0.2) is 51.6 Å². The molecule has 8 aromatic rings. The molecule has 2 amide bonds. The molecule has 6 aromatic carbocycles. The van der Waals surface area contributed by atoms with E-state index in [-0.39, 0.29) is 43.4 Å². The summed E-state index contributed by atoms with van der Waals surface area (Å²) < 4.78 is 44.2. The van der Waals surface area contributed by atoms with E-state index in [4.69, 9.17) is 33.2 Å². The minimum absolute atomic E-state index is 0.126. The number of hydrogen-bond donors (Lipinski definition) is 3. The van der Waals surface area contributed by atoms with E-state index in [1.807, 2.05) is 96.0 Å². The molecular formula is C51H45N7O8S2. The van der Waals surface area contributed by atoms with Gasteiger partial charge in [-0.15, -0.1) is 0 Å². The van der Waals surface area contributed by atoms with Crippen molar-refractivity contribution in [2.24, 2.45) is 14.1 Å². The number of aromatic nitrogens is 4. The number of carbonyl (C=O) groups excluding carboxylic acids is 4. The van der Waals surface area contributed by atoms with Crippen molar-refractivity contribution in [3.8, 4) is 34.5 Å². The van der Waals surface area contributed by atoms with E-state index in [2.05, 4.69) is 15.3 Å². The molecule has 0 bridgehead atoms. The van der Waals surface area contributed by atoms with Crippen LogP contribution in [0.4, 0.5) is 16.2 Å². The molecule has 2 aliphatic heterocycles. The number of rotatable bonds is 14. The zero-order valence-corrected chi connectivity index (χ0v) is 38.4. The normalized spacial score (nSPS) is 18.2. The Morgan fingerprint density at radius 3 is 1.43 bits per heavy atom. The number of carbonyl (C=O) groups is 4. The second-order valence-corrected chi connectivity index (χ2v) is 18.0. The maximum atomic E-state index is 12.0. The van der Waals surface area contributed by atoms with E-state index in [1.54, 1.807) is 60.7 Å². The van der Waals surface area contributed by atoms with Gasteiger partial charge in [0.2, 0.25) is 5.91 Å². The number of Topliss-reactive ketones (excluding diaryl/α,β-unsaturated/α-hetero) is 1. The van der Waals surface area contributed by atoms with Gasteiger partial charge in [-0.1, -0.05) is 47.8 Å². The molecule has 68 heavy (non-hydrogen) atoms. The molecule has 10 rings (SSSR count). The van der Waals surface area contributed by atoms with E-state index >= 15 is 0 Å². The molecule has 0 saturated carbocycles. The molecule has 0 radical (unpaired) electrons. The van der Waals surface area contributed by atoms with Gasteiger partial charge in [0.25, 0.3) is 5.24 Å². The molecule has 0 aliphatic carbocycles. The number of anilines is 2. The van der Waals surface area contributed by atoms with Crippen LogP contribution in [0.3, 0.4) is 0 Å². The number of fused-ring (bicyclic) bond motifs is 2. The number of nitrogens with one attached hydrogen (secondary N) is 1. The van der Waals surface area contributed by atoms with Gasteiger partial charge < -0.3 is 39.5 Å². The van der Waals surface area contributed by atoms with Crippen molar-refractivity contribution in [3.05, 3.63) is 156 Å². The molecular weight excluding hydrogens is 903 g/mol. The zero-order chi connectivity index (χ0) is 49.2. The topological polar surface area (TPSA) is 205 Å². The highest BCUT2D eigenvalue weighted by Gasteiger charge is 2.32. The average Bonchev–Trinajstić information content (AvgIpc) is 4.00. The number of imide groups is 1. The maximum Gasteiger partial charge on any atom is 0.286 e. The number of imidazole rings is 2. The van der Waals surface area contributed by atoms with Crippen molar-refractivity contribution in [2.75, 3.05) is 11.5 Å². The predicted octanol–water partition coefficient (Wildman–Crippen LogP) is 9.09. The van der Waals surface area contributed by atoms with Gasteiger partial charge in [-0.05, 0) is 121 Å². The Bertz CT molecular complexity index is 3060. The molecule has 2 fully saturated rings. The lowest BCUT2D eigenvalue weighted by Crippen LogP contribution is -2.25. The van der Waals surface area contributed by atoms with Crippen LogP contribution in [0.1, 0.15) is 31.9 Å². The summed E-state index contributed by atoms with van der Waals surface area (Å²) in [5, 5.41) is -1.53. The molecule has 344 valence electrons. The van der Waals surface area contributed by atoms with Gasteiger partial charge in [-0.3, -0.25) is 24.5 Å². The molecule has 2 saturated heterocycles. The first-order valence-corrected chi connectivity index (χ1v) is 22.9. The minimum Gasteiger partial charge on any atom is -0.486 e. The van der Waals surface area contributed by atoms with Crippen molar-refractivity contribution < 1.29 is 40.9 Å². The highest BCUT2D eigenvalue weighted by atomic mass is 32.2. The molecule has 5 N–H and O–H groups in total. The number of nitrogens with zero attached hydrogens (tertiary/aromatic N) is 4. The van der Waals surface area contributed by atoms with Crippen molar-refractivity contribution in [2.45, 2.75) is 42.9 Å². The second-order valence-electron chi connectivity index (χ2n) is 15.8. The third-order valence-electron chi connectivity index (χ3n) is 11.0. The standard InChI is InChI=1S/C26H23N3O4S.C25H22N4O4S/c1-29-22-13-20(33-19-8-4-17(27)5-9-19)10-11-21(22)28-25(29)15-32-18-6-2-16(3-7-18)12-24-23(30)14-26(31)34-24;1-29-21-13-19(33-18-8-4-16(26)5-9-18)10-11-20(21)27-23(29)14-32-17-6-2-15(3-7-17)12-22-24(30)28-25(31)34-22/h2-11,13,24H,12,14-15,27H2,1H3;2-11,13,22H,12,14,26H2,1H3,(H,28,30,31)/t24-;22-/m01/s1/i24D;22D. The summed E-state index contributed by atoms with van der Waals surface area (Å²) in [5.41, 5.74) is 17.9. The summed E-state index contributed by atoms with van der Waals surface area (Å²) in [4.78, 5) is 56.1. The lowest BCUT2D eigenvalue weighted by molar-refractivity contribution is -0.121. The van der Waals surface area contributed by atoms with Crippen LogP contribution in [-0.2, 0) is 54.5 Å². The summed E-state index contributed by atoms with van der Waals surface area (Å²) in [6.07, 6.45) is 0.150. The van der Waals surface area contributed by atoms with Crippen LogP contribution in [0.5, 0.6) is 34.5 Å². The fourth-order valence-corrected chi connectivity index (χ4v) is 8.95. The highest BCUT2D eigenvalue weighted by molar-refractivity contribution is 8.15. The third-order valence-corrected chi connectivity index (χ3v) is 12.8. The molecule has 2 atom stereocenters. The van der Waals surface area contributed by atoms with Crippen molar-refractivity contribution in [1.29, 1.82) is 0 Å². The summed E-state index contributed by atoms with van der Waals surface area (Å²) in [6, 6.07) is 40.2. The highest BCUT2D eigenvalue weighted by Crippen LogP contribution is 2.31. The van der Waals surface area contributed by atoms with E-state index in [0.29, 0.717) is 57.6 Å². The number of benzene rings is 6. The largest absolute Gasteiger partial charge is 0.486 e. The number of ether oxygens (including phenoxy) is 4. The van der Waals surface area contributed by atoms with E-state index in [9.17, 15) is 19.2 Å². The molecule has 17 heteroatoms. The van der Waals surface area contributed by atoms with Crippen LogP contribution in [0.25, 0.3) is 22.1 Å². The summed E-state index contributed by atoms with van der Waals surface area (Å²) in [5.74, 6) is 4.64. The summed E-state index contributed by atoms with van der Waals surface area (Å²) in [7, 11) is 3.85. The number of aryl methyl sites for hydroxylation is 2. The van der Waals surface area contributed by atoms with Gasteiger partial charge in [0.1, 0.15) is 59.4 Å². The molecule has 15 nitrogen and oxygen atoms in total. The van der Waals surface area contributed by atoms with E-state index in [1.165, 1.54) is 0 Å². The molecule has 0 spiro atoms. The Morgan fingerprint density at radius 1 is 0.588 bits per heavy atom. The van der Waals surface area contributed by atoms with Gasteiger partial charge in [0.05, 0.1) is 41.7 Å². The SMILES string of the molecule is [2H][C@@]1(Cc2ccc(OCc3nc4ccc(Oc5ccc(N)cc5)cc4n3C)cc2)SC(=O)CC1=O.[2H][C@]1(Cc2ccc(OCc3nc4ccc(Oc5ccc(N)cc5)cc4n3C)cc2)SC(=O)NC1=O. The van der Waals surface area contributed by atoms with Crippen LogP contribution >= 0.6 is 23.5 Å². The lowest BCUT2D eigenvalue weighted by Gasteiger charge is -2.09. The molecule has 4 heterocycles. The number of ketones is 1. The Hall–Kier alpha value is -7.76. The second kappa shape index (κ2) is 20.0. The minimum atomic E-state index is -1.54. The van der Waals surface area contributed by atoms with Gasteiger partial charge in [0.15, 0.2) is 10.9 Å². The quantitative estimate of drug-likeness (QED) is 0.0687.